The first-order valence-electron chi connectivity index (χ1n) is 8.95. The topological polar surface area (TPSA) is 88.5 Å². The minimum Gasteiger partial charge on any atom is -0.361 e. The van der Waals surface area contributed by atoms with Gasteiger partial charge in [-0.25, -0.2) is 0 Å². The molecule has 2 aromatic carbocycles. The zero-order valence-electron chi connectivity index (χ0n) is 14.8. The SMILES string of the molecule is O=C(CCCc1c[nH]c2ccccc12)NCc1nnnn1-c1ccccc1. The highest BCUT2D eigenvalue weighted by atomic mass is 16.1. The fourth-order valence-electron chi connectivity index (χ4n) is 3.13. The van der Waals surface area contributed by atoms with Crippen LogP contribution in [0.15, 0.2) is 60.8 Å². The Bertz CT molecular complexity index is 1040. The molecule has 7 nitrogen and oxygen atoms in total. The van der Waals surface area contributed by atoms with E-state index in [0.717, 1.165) is 24.0 Å². The van der Waals surface area contributed by atoms with Crippen LogP contribution in [-0.2, 0) is 17.8 Å². The minimum absolute atomic E-state index is 0.00236. The number of aromatic amines is 1. The number of nitrogens with zero attached hydrogens (tertiary/aromatic N) is 4. The zero-order valence-corrected chi connectivity index (χ0v) is 14.8. The number of aromatic nitrogens is 5. The summed E-state index contributed by atoms with van der Waals surface area (Å²) in [5.74, 6) is 0.601. The van der Waals surface area contributed by atoms with Gasteiger partial charge in [0.25, 0.3) is 0 Å². The highest BCUT2D eigenvalue weighted by Gasteiger charge is 2.10. The van der Waals surface area contributed by atoms with E-state index in [1.54, 1.807) is 4.68 Å². The lowest BCUT2D eigenvalue weighted by molar-refractivity contribution is -0.121. The van der Waals surface area contributed by atoms with Gasteiger partial charge in [0.2, 0.25) is 5.91 Å². The van der Waals surface area contributed by atoms with Crippen molar-refractivity contribution >= 4 is 16.8 Å². The number of aryl methyl sites for hydroxylation is 1. The monoisotopic (exact) mass is 360 g/mol. The predicted octanol–water partition coefficient (Wildman–Crippen LogP) is 2.78. The van der Waals surface area contributed by atoms with E-state index < -0.39 is 0 Å². The van der Waals surface area contributed by atoms with Gasteiger partial charge in [0.05, 0.1) is 12.2 Å². The quantitative estimate of drug-likeness (QED) is 0.530. The Morgan fingerprint density at radius 3 is 2.78 bits per heavy atom. The highest BCUT2D eigenvalue weighted by molar-refractivity contribution is 5.83. The van der Waals surface area contributed by atoms with Crippen LogP contribution in [-0.4, -0.2) is 31.1 Å². The normalized spacial score (nSPS) is 11.0. The molecule has 0 fully saturated rings. The molecule has 4 rings (SSSR count). The third-order valence-electron chi connectivity index (χ3n) is 4.50. The molecule has 0 atom stereocenters. The third kappa shape index (κ3) is 3.87. The largest absolute Gasteiger partial charge is 0.361 e. The number of benzene rings is 2. The Balaban J connectivity index is 1.29. The van der Waals surface area contributed by atoms with E-state index in [-0.39, 0.29) is 5.91 Å². The fraction of sp³-hybridized carbons (Fsp3) is 0.200. The number of rotatable bonds is 7. The molecular formula is C20H20N6O. The molecule has 27 heavy (non-hydrogen) atoms. The van der Waals surface area contributed by atoms with Crippen LogP contribution >= 0.6 is 0 Å². The molecule has 0 saturated carbocycles. The molecule has 0 aliphatic carbocycles. The van der Waals surface area contributed by atoms with E-state index in [0.29, 0.717) is 18.8 Å². The highest BCUT2D eigenvalue weighted by Crippen LogP contribution is 2.19. The Labute approximate surface area is 156 Å². The molecule has 4 aromatic rings. The summed E-state index contributed by atoms with van der Waals surface area (Å²) in [6.07, 6.45) is 4.14. The van der Waals surface area contributed by atoms with Crippen LogP contribution in [0.25, 0.3) is 16.6 Å². The van der Waals surface area contributed by atoms with Crippen molar-refractivity contribution < 1.29 is 4.79 Å². The first-order chi connectivity index (χ1) is 13.3. The van der Waals surface area contributed by atoms with Crippen LogP contribution < -0.4 is 5.32 Å². The van der Waals surface area contributed by atoms with Gasteiger partial charge in [-0.2, -0.15) is 4.68 Å². The van der Waals surface area contributed by atoms with Gasteiger partial charge in [-0.05, 0) is 47.0 Å². The van der Waals surface area contributed by atoms with Crippen LogP contribution in [0.4, 0.5) is 0 Å². The number of hydrogen-bond acceptors (Lipinski definition) is 4. The van der Waals surface area contributed by atoms with Crippen molar-refractivity contribution in [2.24, 2.45) is 0 Å². The number of hydrogen-bond donors (Lipinski definition) is 2. The third-order valence-corrected chi connectivity index (χ3v) is 4.50. The van der Waals surface area contributed by atoms with E-state index in [2.05, 4.69) is 38.0 Å². The van der Waals surface area contributed by atoms with Gasteiger partial charge >= 0.3 is 0 Å². The second-order valence-corrected chi connectivity index (χ2v) is 6.33. The molecule has 0 radical (unpaired) electrons. The van der Waals surface area contributed by atoms with Gasteiger partial charge in [-0.15, -0.1) is 5.10 Å². The molecule has 0 unspecified atom stereocenters. The molecular weight excluding hydrogens is 340 g/mol. The van der Waals surface area contributed by atoms with Crippen molar-refractivity contribution in [2.45, 2.75) is 25.8 Å². The van der Waals surface area contributed by atoms with Gasteiger partial charge in [-0.1, -0.05) is 36.4 Å². The predicted molar refractivity (Wildman–Crippen MR) is 102 cm³/mol. The second kappa shape index (κ2) is 7.82. The van der Waals surface area contributed by atoms with Crippen molar-refractivity contribution in [2.75, 3.05) is 0 Å². The van der Waals surface area contributed by atoms with Crippen LogP contribution in [0, 0.1) is 0 Å². The average molecular weight is 360 g/mol. The van der Waals surface area contributed by atoms with Gasteiger partial charge in [0.15, 0.2) is 5.82 Å². The first-order valence-corrected chi connectivity index (χ1v) is 8.95. The molecule has 0 aliphatic heterocycles. The summed E-state index contributed by atoms with van der Waals surface area (Å²) in [4.78, 5) is 15.4. The van der Waals surface area contributed by atoms with E-state index in [1.807, 2.05) is 48.7 Å². The summed E-state index contributed by atoms with van der Waals surface area (Å²) in [7, 11) is 0. The number of fused-ring (bicyclic) bond motifs is 1. The van der Waals surface area contributed by atoms with Gasteiger partial charge in [0.1, 0.15) is 0 Å². The molecule has 0 spiro atoms. The van der Waals surface area contributed by atoms with Crippen molar-refractivity contribution in [3.8, 4) is 5.69 Å². The van der Waals surface area contributed by atoms with Gasteiger partial charge in [0, 0.05) is 23.5 Å². The molecule has 136 valence electrons. The molecule has 1 amide bonds. The van der Waals surface area contributed by atoms with Crippen LogP contribution in [0.1, 0.15) is 24.2 Å². The number of tetrazole rings is 1. The maximum absolute atomic E-state index is 12.2. The van der Waals surface area contributed by atoms with E-state index in [4.69, 9.17) is 0 Å². The molecule has 0 saturated heterocycles. The number of carbonyl (C=O) groups is 1. The van der Waals surface area contributed by atoms with E-state index in [1.165, 1.54) is 10.9 Å². The number of amides is 1. The summed E-state index contributed by atoms with van der Waals surface area (Å²) < 4.78 is 1.63. The van der Waals surface area contributed by atoms with Crippen LogP contribution in [0.2, 0.25) is 0 Å². The summed E-state index contributed by atoms with van der Waals surface area (Å²) in [6, 6.07) is 17.8. The van der Waals surface area contributed by atoms with Crippen molar-refractivity contribution in [3.05, 3.63) is 72.2 Å². The Kier molecular flexibility index (Phi) is 4.91. The van der Waals surface area contributed by atoms with Gasteiger partial charge in [-0.3, -0.25) is 4.79 Å². The summed E-state index contributed by atoms with van der Waals surface area (Å²) in [5.41, 5.74) is 3.24. The first kappa shape index (κ1) is 17.0. The lowest BCUT2D eigenvalue weighted by atomic mass is 10.1. The standard InChI is InChI=1S/C20H20N6O/c27-20(12-6-7-15-13-21-18-11-5-4-10-17(15)18)22-14-19-23-24-25-26(19)16-8-2-1-3-9-16/h1-5,8-11,13,21H,6-7,12,14H2,(H,22,27). The average Bonchev–Trinajstić information content (AvgIpc) is 3.34. The van der Waals surface area contributed by atoms with Crippen molar-refractivity contribution in [1.82, 2.24) is 30.5 Å². The lowest BCUT2D eigenvalue weighted by Gasteiger charge is -2.06. The minimum atomic E-state index is -0.00236. The van der Waals surface area contributed by atoms with Gasteiger partial charge < -0.3 is 10.3 Å². The van der Waals surface area contributed by atoms with Crippen molar-refractivity contribution in [3.63, 3.8) is 0 Å². The molecule has 0 aliphatic rings. The molecule has 2 N–H and O–H groups in total. The number of nitrogens with one attached hydrogen (secondary N) is 2. The molecule has 0 bridgehead atoms. The summed E-state index contributed by atoms with van der Waals surface area (Å²) in [6.45, 7) is 0.299. The van der Waals surface area contributed by atoms with E-state index >= 15 is 0 Å². The second-order valence-electron chi connectivity index (χ2n) is 6.33. The molecule has 2 heterocycles. The number of para-hydroxylation sites is 2. The number of H-pyrrole nitrogens is 1. The van der Waals surface area contributed by atoms with Crippen LogP contribution in [0.3, 0.4) is 0 Å². The van der Waals surface area contributed by atoms with Crippen molar-refractivity contribution in [1.29, 1.82) is 0 Å². The van der Waals surface area contributed by atoms with E-state index in [9.17, 15) is 4.79 Å². The Morgan fingerprint density at radius 2 is 1.89 bits per heavy atom. The summed E-state index contributed by atoms with van der Waals surface area (Å²) in [5, 5.41) is 15.8. The maximum Gasteiger partial charge on any atom is 0.220 e. The zero-order chi connectivity index (χ0) is 18.5. The Morgan fingerprint density at radius 1 is 1.07 bits per heavy atom. The molecule has 7 heteroatoms. The fourth-order valence-corrected chi connectivity index (χ4v) is 3.13. The maximum atomic E-state index is 12.2. The summed E-state index contributed by atoms with van der Waals surface area (Å²) >= 11 is 0. The number of carbonyl (C=O) groups excluding carboxylic acids is 1. The lowest BCUT2D eigenvalue weighted by Crippen LogP contribution is -2.24. The Hall–Kier alpha value is -3.48. The smallest absolute Gasteiger partial charge is 0.220 e. The van der Waals surface area contributed by atoms with Crippen LogP contribution in [0.5, 0.6) is 0 Å². The molecule has 2 aromatic heterocycles.